The number of likely N-dealkylation sites (tertiary alicyclic amines) is 2. The van der Waals surface area contributed by atoms with Gasteiger partial charge in [-0.25, -0.2) is 0 Å². The van der Waals surface area contributed by atoms with Gasteiger partial charge in [0.2, 0.25) is 0 Å². The molecule has 0 amide bonds. The van der Waals surface area contributed by atoms with E-state index < -0.39 is 0 Å². The largest absolute Gasteiger partial charge is 0.298 e. The molecule has 2 rings (SSSR count). The van der Waals surface area contributed by atoms with E-state index in [9.17, 15) is 0 Å². The zero-order chi connectivity index (χ0) is 17.4. The van der Waals surface area contributed by atoms with Crippen LogP contribution in [0.3, 0.4) is 0 Å². The first-order valence-corrected chi connectivity index (χ1v) is 10.1. The number of hydrogen-bond donors (Lipinski definition) is 0. The van der Waals surface area contributed by atoms with Gasteiger partial charge >= 0.3 is 0 Å². The number of hydrogen-bond acceptors (Lipinski definition) is 2. The zero-order valence-electron chi connectivity index (χ0n) is 17.2. The molecule has 136 valence electrons. The summed E-state index contributed by atoms with van der Waals surface area (Å²) in [7, 11) is 0. The lowest BCUT2D eigenvalue weighted by molar-refractivity contribution is -0.0668. The van der Waals surface area contributed by atoms with Crippen molar-refractivity contribution in [3.05, 3.63) is 0 Å². The van der Waals surface area contributed by atoms with Crippen LogP contribution in [-0.2, 0) is 0 Å². The van der Waals surface area contributed by atoms with Crippen LogP contribution in [0, 0.1) is 17.3 Å². The van der Waals surface area contributed by atoms with Gasteiger partial charge in [0, 0.05) is 17.6 Å². The topological polar surface area (TPSA) is 6.48 Å². The monoisotopic (exact) mass is 322 g/mol. The molecule has 0 aliphatic carbocycles. The second kappa shape index (κ2) is 7.04. The molecule has 0 radical (unpaired) electrons. The average molecular weight is 323 g/mol. The van der Waals surface area contributed by atoms with Crippen molar-refractivity contribution in [1.29, 1.82) is 0 Å². The third-order valence-electron chi connectivity index (χ3n) is 7.76. The molecular weight excluding hydrogens is 280 g/mol. The molecule has 0 spiro atoms. The SMILES string of the molecule is CC1CCN(C(C)(C)C(C)(C)C2CCN(C(C)C)C(C)C2)CC1. The molecule has 2 heterocycles. The highest BCUT2D eigenvalue weighted by Crippen LogP contribution is 2.48. The third kappa shape index (κ3) is 3.79. The fourth-order valence-electron chi connectivity index (χ4n) is 5.09. The Hall–Kier alpha value is -0.0800. The predicted octanol–water partition coefficient (Wildman–Crippen LogP) is 5.03. The van der Waals surface area contributed by atoms with Crippen LogP contribution < -0.4 is 0 Å². The highest BCUT2D eigenvalue weighted by atomic mass is 15.2. The second-order valence-corrected chi connectivity index (χ2v) is 9.85. The molecule has 2 aliphatic rings. The normalized spacial score (nSPS) is 30.1. The molecule has 2 nitrogen and oxygen atoms in total. The molecule has 0 N–H and O–H groups in total. The van der Waals surface area contributed by atoms with Crippen molar-refractivity contribution in [3.63, 3.8) is 0 Å². The van der Waals surface area contributed by atoms with Gasteiger partial charge < -0.3 is 0 Å². The Bertz CT molecular complexity index is 377. The minimum absolute atomic E-state index is 0.289. The van der Waals surface area contributed by atoms with Gasteiger partial charge in [0.15, 0.2) is 0 Å². The Morgan fingerprint density at radius 3 is 1.91 bits per heavy atom. The average Bonchev–Trinajstić information content (AvgIpc) is 2.47. The van der Waals surface area contributed by atoms with E-state index >= 15 is 0 Å². The van der Waals surface area contributed by atoms with E-state index in [1.54, 1.807) is 0 Å². The second-order valence-electron chi connectivity index (χ2n) is 9.85. The Labute approximate surface area is 146 Å². The van der Waals surface area contributed by atoms with E-state index in [0.717, 1.165) is 17.9 Å². The molecule has 0 saturated carbocycles. The molecular formula is C21H42N2. The number of rotatable bonds is 4. The summed E-state index contributed by atoms with van der Waals surface area (Å²) >= 11 is 0. The van der Waals surface area contributed by atoms with Crippen LogP contribution in [0.4, 0.5) is 0 Å². The summed E-state index contributed by atoms with van der Waals surface area (Å²) in [6.45, 7) is 23.5. The first-order chi connectivity index (χ1) is 10.6. The Morgan fingerprint density at radius 1 is 0.870 bits per heavy atom. The first kappa shape index (κ1) is 19.2. The standard InChI is InChI=1S/C21H42N2/c1-16(2)23-14-11-19(15-18(23)4)20(5,6)21(7,8)22-12-9-17(3)10-13-22/h16-19H,9-15H2,1-8H3. The molecule has 0 bridgehead atoms. The fraction of sp³-hybridized carbons (Fsp3) is 1.00. The molecule has 2 saturated heterocycles. The van der Waals surface area contributed by atoms with E-state index in [1.165, 1.54) is 45.3 Å². The first-order valence-electron chi connectivity index (χ1n) is 10.1. The van der Waals surface area contributed by atoms with Crippen LogP contribution in [0.1, 0.15) is 81.1 Å². The minimum atomic E-state index is 0.289. The van der Waals surface area contributed by atoms with E-state index in [1.807, 2.05) is 0 Å². The maximum absolute atomic E-state index is 2.80. The predicted molar refractivity (Wildman–Crippen MR) is 102 cm³/mol. The lowest BCUT2D eigenvalue weighted by atomic mass is 9.61. The van der Waals surface area contributed by atoms with Crippen molar-refractivity contribution in [2.75, 3.05) is 19.6 Å². The van der Waals surface area contributed by atoms with Crippen LogP contribution in [-0.4, -0.2) is 47.1 Å². The van der Waals surface area contributed by atoms with Gasteiger partial charge in [0.1, 0.15) is 0 Å². The van der Waals surface area contributed by atoms with Crippen molar-refractivity contribution < 1.29 is 0 Å². The smallest absolute Gasteiger partial charge is 0.0206 e. The van der Waals surface area contributed by atoms with Crippen molar-refractivity contribution in [2.45, 2.75) is 98.7 Å². The maximum atomic E-state index is 2.80. The van der Waals surface area contributed by atoms with Crippen molar-refractivity contribution in [3.8, 4) is 0 Å². The van der Waals surface area contributed by atoms with Gasteiger partial charge in [-0.2, -0.15) is 0 Å². The molecule has 0 aromatic carbocycles. The van der Waals surface area contributed by atoms with Gasteiger partial charge in [-0.1, -0.05) is 20.8 Å². The van der Waals surface area contributed by atoms with Gasteiger partial charge in [-0.05, 0) is 97.2 Å². The Balaban J connectivity index is 2.08. The summed E-state index contributed by atoms with van der Waals surface area (Å²) < 4.78 is 0. The van der Waals surface area contributed by atoms with Crippen LogP contribution in [0.2, 0.25) is 0 Å². The summed E-state index contributed by atoms with van der Waals surface area (Å²) in [6, 6.07) is 1.41. The van der Waals surface area contributed by atoms with Gasteiger partial charge in [-0.3, -0.25) is 9.80 Å². The summed E-state index contributed by atoms with van der Waals surface area (Å²) in [5.74, 6) is 1.75. The lowest BCUT2D eigenvalue weighted by Gasteiger charge is -2.57. The van der Waals surface area contributed by atoms with E-state index in [4.69, 9.17) is 0 Å². The van der Waals surface area contributed by atoms with Crippen LogP contribution >= 0.6 is 0 Å². The Morgan fingerprint density at radius 2 is 1.43 bits per heavy atom. The van der Waals surface area contributed by atoms with Crippen molar-refractivity contribution >= 4 is 0 Å². The highest BCUT2D eigenvalue weighted by molar-refractivity contribution is 5.02. The maximum Gasteiger partial charge on any atom is 0.0206 e. The Kier molecular flexibility index (Phi) is 5.89. The quantitative estimate of drug-likeness (QED) is 0.716. The molecule has 2 aliphatic heterocycles. The molecule has 0 aromatic heterocycles. The summed E-state index contributed by atoms with van der Waals surface area (Å²) in [5, 5.41) is 0. The molecule has 2 atom stereocenters. The minimum Gasteiger partial charge on any atom is -0.298 e. The van der Waals surface area contributed by atoms with Crippen LogP contribution in [0.5, 0.6) is 0 Å². The fourth-order valence-corrected chi connectivity index (χ4v) is 5.09. The molecule has 0 aromatic rings. The van der Waals surface area contributed by atoms with Gasteiger partial charge in [0.25, 0.3) is 0 Å². The van der Waals surface area contributed by atoms with E-state index in [0.29, 0.717) is 11.5 Å². The number of nitrogens with zero attached hydrogens (tertiary/aromatic N) is 2. The van der Waals surface area contributed by atoms with Crippen molar-refractivity contribution in [2.24, 2.45) is 17.3 Å². The van der Waals surface area contributed by atoms with Crippen molar-refractivity contribution in [1.82, 2.24) is 9.80 Å². The van der Waals surface area contributed by atoms with Gasteiger partial charge in [0.05, 0.1) is 0 Å². The molecule has 2 heteroatoms. The summed E-state index contributed by atoms with van der Waals surface area (Å²) in [6.07, 6.45) is 5.48. The molecule has 2 unspecified atom stereocenters. The molecule has 23 heavy (non-hydrogen) atoms. The lowest BCUT2D eigenvalue weighted by Crippen LogP contribution is -2.60. The van der Waals surface area contributed by atoms with Gasteiger partial charge in [-0.15, -0.1) is 0 Å². The summed E-state index contributed by atoms with van der Waals surface area (Å²) in [4.78, 5) is 5.49. The van der Waals surface area contributed by atoms with Crippen LogP contribution in [0.15, 0.2) is 0 Å². The van der Waals surface area contributed by atoms with E-state index in [2.05, 4.69) is 65.2 Å². The molecule has 2 fully saturated rings. The zero-order valence-corrected chi connectivity index (χ0v) is 17.2. The van der Waals surface area contributed by atoms with E-state index in [-0.39, 0.29) is 5.54 Å². The number of piperidine rings is 2. The highest BCUT2D eigenvalue weighted by Gasteiger charge is 2.48. The summed E-state index contributed by atoms with van der Waals surface area (Å²) in [5.41, 5.74) is 0.655. The van der Waals surface area contributed by atoms with Crippen LogP contribution in [0.25, 0.3) is 0 Å². The third-order valence-corrected chi connectivity index (χ3v) is 7.76.